The summed E-state index contributed by atoms with van der Waals surface area (Å²) in [7, 11) is 0. The maximum absolute atomic E-state index is 9.39. The summed E-state index contributed by atoms with van der Waals surface area (Å²) in [6.07, 6.45) is 2.83. The van der Waals surface area contributed by atoms with Crippen molar-refractivity contribution in [3.05, 3.63) is 52.0 Å². The van der Waals surface area contributed by atoms with Crippen LogP contribution in [-0.4, -0.2) is 16.4 Å². The van der Waals surface area contributed by atoms with Crippen LogP contribution < -0.4 is 0 Å². The minimum absolute atomic E-state index is 0.161. The smallest absolute Gasteiger partial charge is 0.134 e. The van der Waals surface area contributed by atoms with E-state index < -0.39 is 0 Å². The Kier molecular flexibility index (Phi) is 3.09. The van der Waals surface area contributed by atoms with E-state index in [0.717, 1.165) is 24.4 Å². The number of aromatic nitrogens is 1. The zero-order valence-corrected chi connectivity index (χ0v) is 10.7. The van der Waals surface area contributed by atoms with Gasteiger partial charge in [0, 0.05) is 19.3 Å². The zero-order chi connectivity index (χ0) is 12.4. The lowest BCUT2D eigenvalue weighted by atomic mass is 9.98. The van der Waals surface area contributed by atoms with Gasteiger partial charge in [-0.2, -0.15) is 5.26 Å². The lowest BCUT2D eigenvalue weighted by Gasteiger charge is -2.31. The fourth-order valence-electron chi connectivity index (χ4n) is 2.42. The normalized spacial score (nSPS) is 16.8. The lowest BCUT2D eigenvalue weighted by molar-refractivity contribution is 0.219. The molecule has 1 unspecified atom stereocenters. The molecule has 0 amide bonds. The Balaban J connectivity index is 1.85. The van der Waals surface area contributed by atoms with Crippen LogP contribution in [0.2, 0.25) is 0 Å². The van der Waals surface area contributed by atoms with E-state index in [4.69, 9.17) is 0 Å². The first kappa shape index (κ1) is 11.4. The first-order chi connectivity index (χ1) is 8.88. The van der Waals surface area contributed by atoms with Crippen molar-refractivity contribution >= 4 is 11.3 Å². The van der Waals surface area contributed by atoms with E-state index in [2.05, 4.69) is 40.2 Å². The second-order valence-electron chi connectivity index (χ2n) is 4.42. The van der Waals surface area contributed by atoms with E-state index in [-0.39, 0.29) is 6.04 Å². The summed E-state index contributed by atoms with van der Waals surface area (Å²) < 4.78 is 0. The van der Waals surface area contributed by atoms with E-state index in [0.29, 0.717) is 0 Å². The van der Waals surface area contributed by atoms with Crippen molar-refractivity contribution in [3.8, 4) is 6.07 Å². The molecule has 1 aromatic carbocycles. The molecule has 0 bridgehead atoms. The number of fused-ring (bicyclic) bond motifs is 1. The molecule has 4 heteroatoms. The summed E-state index contributed by atoms with van der Waals surface area (Å²) >= 11 is 1.56. The van der Waals surface area contributed by atoms with Crippen molar-refractivity contribution in [1.29, 1.82) is 5.26 Å². The summed E-state index contributed by atoms with van der Waals surface area (Å²) in [6, 6.07) is 10.7. The third-order valence-corrected chi connectivity index (χ3v) is 4.20. The number of nitrogens with zero attached hydrogens (tertiary/aromatic N) is 3. The Labute approximate surface area is 110 Å². The minimum atomic E-state index is -0.161. The predicted octanol–water partition coefficient (Wildman–Crippen LogP) is 2.77. The van der Waals surface area contributed by atoms with E-state index in [1.807, 2.05) is 0 Å². The highest BCUT2D eigenvalue weighted by atomic mass is 32.1. The molecule has 2 heterocycles. The number of thiazole rings is 1. The minimum Gasteiger partial charge on any atom is -0.279 e. The molecule has 0 spiro atoms. The molecule has 2 aromatic rings. The van der Waals surface area contributed by atoms with E-state index in [9.17, 15) is 5.26 Å². The first-order valence-corrected chi connectivity index (χ1v) is 6.85. The fourth-order valence-corrected chi connectivity index (χ4v) is 3.12. The molecule has 1 atom stereocenters. The molecule has 0 radical (unpaired) electrons. The maximum atomic E-state index is 9.39. The Hall–Kier alpha value is -1.70. The quantitative estimate of drug-likeness (QED) is 0.828. The molecule has 0 saturated heterocycles. The molecule has 1 aliphatic heterocycles. The highest BCUT2D eigenvalue weighted by molar-refractivity contribution is 7.09. The molecule has 0 aliphatic carbocycles. The van der Waals surface area contributed by atoms with Crippen LogP contribution in [0.3, 0.4) is 0 Å². The summed E-state index contributed by atoms with van der Waals surface area (Å²) in [5.41, 5.74) is 4.54. The number of benzene rings is 1. The summed E-state index contributed by atoms with van der Waals surface area (Å²) in [6.45, 7) is 1.79. The Morgan fingerprint density at radius 3 is 2.89 bits per heavy atom. The van der Waals surface area contributed by atoms with Gasteiger partial charge in [0.1, 0.15) is 6.04 Å². The van der Waals surface area contributed by atoms with Gasteiger partial charge in [-0.05, 0) is 17.5 Å². The van der Waals surface area contributed by atoms with Crippen molar-refractivity contribution in [3.63, 3.8) is 0 Å². The van der Waals surface area contributed by atoms with Gasteiger partial charge >= 0.3 is 0 Å². The van der Waals surface area contributed by atoms with Gasteiger partial charge in [-0.25, -0.2) is 0 Å². The number of hydrogen-bond donors (Lipinski definition) is 0. The van der Waals surface area contributed by atoms with Crippen LogP contribution >= 0.6 is 11.3 Å². The van der Waals surface area contributed by atoms with Gasteiger partial charge in [0.25, 0.3) is 0 Å². The van der Waals surface area contributed by atoms with E-state index >= 15 is 0 Å². The van der Waals surface area contributed by atoms with E-state index in [1.54, 1.807) is 23.0 Å². The second-order valence-corrected chi connectivity index (χ2v) is 5.34. The van der Waals surface area contributed by atoms with Crippen LogP contribution in [0.5, 0.6) is 0 Å². The number of hydrogen-bond acceptors (Lipinski definition) is 4. The third kappa shape index (κ3) is 2.03. The summed E-state index contributed by atoms with van der Waals surface area (Å²) in [4.78, 5) is 7.34. The highest BCUT2D eigenvalue weighted by Gasteiger charge is 2.25. The van der Waals surface area contributed by atoms with Crippen molar-refractivity contribution in [2.45, 2.75) is 19.0 Å². The third-order valence-electron chi connectivity index (χ3n) is 3.37. The molecule has 0 fully saturated rings. The van der Waals surface area contributed by atoms with Crippen LogP contribution in [0.4, 0.5) is 0 Å². The first-order valence-electron chi connectivity index (χ1n) is 5.97. The second kappa shape index (κ2) is 4.89. The number of nitriles is 1. The topological polar surface area (TPSA) is 39.9 Å². The van der Waals surface area contributed by atoms with Gasteiger partial charge in [-0.3, -0.25) is 9.88 Å². The molecule has 1 aliphatic rings. The monoisotopic (exact) mass is 255 g/mol. The molecule has 90 valence electrons. The SMILES string of the molecule is N#CC(c1cncs1)N1CCc2ccccc2C1. The van der Waals surface area contributed by atoms with Crippen molar-refractivity contribution in [2.75, 3.05) is 6.54 Å². The zero-order valence-electron chi connectivity index (χ0n) is 9.91. The average molecular weight is 255 g/mol. The molecule has 3 nitrogen and oxygen atoms in total. The van der Waals surface area contributed by atoms with Crippen molar-refractivity contribution in [1.82, 2.24) is 9.88 Å². The summed E-state index contributed by atoms with van der Waals surface area (Å²) in [5, 5.41) is 9.39. The standard InChI is InChI=1S/C14H13N3S/c15-7-13(14-8-16-10-18-14)17-6-5-11-3-1-2-4-12(11)9-17/h1-4,8,10,13H,5-6,9H2. The van der Waals surface area contributed by atoms with Gasteiger partial charge in [0.05, 0.1) is 16.5 Å². The van der Waals surface area contributed by atoms with Gasteiger partial charge < -0.3 is 0 Å². The predicted molar refractivity (Wildman–Crippen MR) is 71.0 cm³/mol. The Morgan fingerprint density at radius 1 is 1.33 bits per heavy atom. The van der Waals surface area contributed by atoms with Crippen LogP contribution in [-0.2, 0) is 13.0 Å². The largest absolute Gasteiger partial charge is 0.279 e. The highest BCUT2D eigenvalue weighted by Crippen LogP contribution is 2.28. The van der Waals surface area contributed by atoms with Gasteiger partial charge in [0.15, 0.2) is 0 Å². The van der Waals surface area contributed by atoms with Gasteiger partial charge in [0.2, 0.25) is 0 Å². The molecule has 0 saturated carbocycles. The maximum Gasteiger partial charge on any atom is 0.134 e. The van der Waals surface area contributed by atoms with Crippen LogP contribution in [0, 0.1) is 11.3 Å². The molecule has 3 rings (SSSR count). The van der Waals surface area contributed by atoms with Crippen molar-refractivity contribution in [2.24, 2.45) is 0 Å². The van der Waals surface area contributed by atoms with Crippen LogP contribution in [0.1, 0.15) is 22.0 Å². The van der Waals surface area contributed by atoms with Gasteiger partial charge in [-0.1, -0.05) is 24.3 Å². The fraction of sp³-hybridized carbons (Fsp3) is 0.286. The molecule has 1 aromatic heterocycles. The Morgan fingerprint density at radius 2 is 2.17 bits per heavy atom. The molecule has 0 N–H and O–H groups in total. The Bertz CT molecular complexity index is 571. The van der Waals surface area contributed by atoms with Gasteiger partial charge in [-0.15, -0.1) is 11.3 Å². The molecule has 18 heavy (non-hydrogen) atoms. The van der Waals surface area contributed by atoms with Crippen LogP contribution in [0.25, 0.3) is 0 Å². The lowest BCUT2D eigenvalue weighted by Crippen LogP contribution is -2.33. The van der Waals surface area contributed by atoms with Crippen molar-refractivity contribution < 1.29 is 0 Å². The average Bonchev–Trinajstić information content (AvgIpc) is 2.93. The molecular formula is C14H13N3S. The number of rotatable bonds is 2. The summed E-state index contributed by atoms with van der Waals surface area (Å²) in [5.74, 6) is 0. The van der Waals surface area contributed by atoms with Crippen LogP contribution in [0.15, 0.2) is 36.0 Å². The van der Waals surface area contributed by atoms with E-state index in [1.165, 1.54) is 11.1 Å². The molecular weight excluding hydrogens is 242 g/mol.